The predicted molar refractivity (Wildman–Crippen MR) is 32.5 cm³/mol. The molecule has 0 aromatic carbocycles. The first-order valence-electron chi connectivity index (χ1n) is 3.22. The topological polar surface area (TPSA) is 47.9 Å². The highest BCUT2D eigenvalue weighted by molar-refractivity contribution is 5.90. The minimum atomic E-state index is -0.944. The van der Waals surface area contributed by atoms with E-state index in [9.17, 15) is 4.79 Å². The zero-order chi connectivity index (χ0) is 7.03. The summed E-state index contributed by atoms with van der Waals surface area (Å²) in [5.41, 5.74) is -0.944. The van der Waals surface area contributed by atoms with Gasteiger partial charge in [0.05, 0.1) is 6.61 Å². The molecule has 4 nitrogen and oxygen atoms in total. The Morgan fingerprint density at radius 1 is 1.70 bits per heavy atom. The second kappa shape index (κ2) is 1.79. The van der Waals surface area contributed by atoms with Gasteiger partial charge in [0.25, 0.3) is 5.72 Å². The van der Waals surface area contributed by atoms with Crippen LogP contribution in [0.15, 0.2) is 4.99 Å². The fourth-order valence-electron chi connectivity index (χ4n) is 1.19. The SMILES string of the molecule is O=C1OC=NC12CCCO2. The molecule has 2 aliphatic rings. The number of carbonyl (C=O) groups excluding carboxylic acids is 1. The van der Waals surface area contributed by atoms with Gasteiger partial charge in [-0.3, -0.25) is 0 Å². The molecule has 2 aliphatic heterocycles. The second-order valence-electron chi connectivity index (χ2n) is 2.38. The highest BCUT2D eigenvalue weighted by Gasteiger charge is 2.46. The van der Waals surface area contributed by atoms with Crippen LogP contribution in [0.3, 0.4) is 0 Å². The molecule has 1 unspecified atom stereocenters. The number of esters is 1. The lowest BCUT2D eigenvalue weighted by Gasteiger charge is -2.12. The van der Waals surface area contributed by atoms with E-state index in [0.717, 1.165) is 12.8 Å². The van der Waals surface area contributed by atoms with Crippen molar-refractivity contribution < 1.29 is 14.3 Å². The van der Waals surface area contributed by atoms with Crippen molar-refractivity contribution in [3.8, 4) is 0 Å². The van der Waals surface area contributed by atoms with Crippen molar-refractivity contribution in [2.45, 2.75) is 18.6 Å². The Balaban J connectivity index is 2.27. The monoisotopic (exact) mass is 141 g/mol. The van der Waals surface area contributed by atoms with E-state index in [1.165, 1.54) is 0 Å². The van der Waals surface area contributed by atoms with Crippen LogP contribution in [0.1, 0.15) is 12.8 Å². The van der Waals surface area contributed by atoms with Crippen LogP contribution in [0.4, 0.5) is 0 Å². The number of ether oxygens (including phenoxy) is 2. The van der Waals surface area contributed by atoms with Gasteiger partial charge in [-0.05, 0) is 6.42 Å². The fourth-order valence-corrected chi connectivity index (χ4v) is 1.19. The highest BCUT2D eigenvalue weighted by atomic mass is 16.6. The number of rotatable bonds is 0. The van der Waals surface area contributed by atoms with Gasteiger partial charge in [0.2, 0.25) is 0 Å². The Morgan fingerprint density at radius 2 is 2.60 bits per heavy atom. The maximum Gasteiger partial charge on any atom is 0.368 e. The van der Waals surface area contributed by atoms with E-state index in [0.29, 0.717) is 13.0 Å². The maximum absolute atomic E-state index is 10.9. The molecular weight excluding hydrogens is 134 g/mol. The van der Waals surface area contributed by atoms with Crippen LogP contribution < -0.4 is 0 Å². The van der Waals surface area contributed by atoms with Crippen molar-refractivity contribution in [1.29, 1.82) is 0 Å². The van der Waals surface area contributed by atoms with Gasteiger partial charge in [-0.1, -0.05) is 0 Å². The third-order valence-electron chi connectivity index (χ3n) is 1.74. The average Bonchev–Trinajstić information content (AvgIpc) is 2.48. The fraction of sp³-hybridized carbons (Fsp3) is 0.667. The molecule has 2 heterocycles. The highest BCUT2D eigenvalue weighted by Crippen LogP contribution is 2.30. The van der Waals surface area contributed by atoms with Gasteiger partial charge < -0.3 is 9.47 Å². The zero-order valence-electron chi connectivity index (χ0n) is 5.37. The summed E-state index contributed by atoms with van der Waals surface area (Å²) in [5, 5.41) is 0. The summed E-state index contributed by atoms with van der Waals surface area (Å²) < 4.78 is 9.68. The Hall–Kier alpha value is -0.900. The van der Waals surface area contributed by atoms with Gasteiger partial charge in [0.1, 0.15) is 0 Å². The Bertz CT molecular complexity index is 193. The van der Waals surface area contributed by atoms with Crippen molar-refractivity contribution in [3.63, 3.8) is 0 Å². The largest absolute Gasteiger partial charge is 0.411 e. The third-order valence-corrected chi connectivity index (χ3v) is 1.74. The van der Waals surface area contributed by atoms with Crippen molar-refractivity contribution >= 4 is 12.4 Å². The summed E-state index contributed by atoms with van der Waals surface area (Å²) in [4.78, 5) is 14.8. The average molecular weight is 141 g/mol. The van der Waals surface area contributed by atoms with Gasteiger partial charge in [0, 0.05) is 6.42 Å². The molecule has 4 heteroatoms. The Kier molecular flexibility index (Phi) is 1.05. The third kappa shape index (κ3) is 0.593. The standard InChI is InChI=1S/C6H7NO3/c8-5-6(7-4-9-5)2-1-3-10-6/h4H,1-3H2. The maximum atomic E-state index is 10.9. The van der Waals surface area contributed by atoms with Crippen LogP contribution in [0.2, 0.25) is 0 Å². The lowest BCUT2D eigenvalue weighted by atomic mass is 10.1. The van der Waals surface area contributed by atoms with Gasteiger partial charge in [-0.15, -0.1) is 0 Å². The van der Waals surface area contributed by atoms with Gasteiger partial charge >= 0.3 is 5.97 Å². The van der Waals surface area contributed by atoms with E-state index >= 15 is 0 Å². The Labute approximate surface area is 57.8 Å². The van der Waals surface area contributed by atoms with Crippen molar-refractivity contribution in [2.75, 3.05) is 6.61 Å². The molecule has 0 saturated carbocycles. The molecule has 1 spiro atoms. The molecule has 1 saturated heterocycles. The molecule has 1 fully saturated rings. The summed E-state index contributed by atoms with van der Waals surface area (Å²) in [7, 11) is 0. The van der Waals surface area contributed by atoms with E-state index in [1.54, 1.807) is 0 Å². The molecule has 0 aromatic rings. The molecule has 10 heavy (non-hydrogen) atoms. The quantitative estimate of drug-likeness (QED) is 0.449. The van der Waals surface area contributed by atoms with E-state index < -0.39 is 5.72 Å². The lowest BCUT2D eigenvalue weighted by Crippen LogP contribution is -2.32. The molecule has 0 aliphatic carbocycles. The summed E-state index contributed by atoms with van der Waals surface area (Å²) in [6, 6.07) is 0. The predicted octanol–water partition coefficient (Wildman–Crippen LogP) is 0.0782. The number of aliphatic imine (C=N–C) groups is 1. The number of nitrogens with zero attached hydrogens (tertiary/aromatic N) is 1. The van der Waals surface area contributed by atoms with Gasteiger partial charge in [0.15, 0.2) is 6.40 Å². The van der Waals surface area contributed by atoms with Crippen LogP contribution in [0.5, 0.6) is 0 Å². The van der Waals surface area contributed by atoms with Crippen LogP contribution in [-0.2, 0) is 14.3 Å². The van der Waals surface area contributed by atoms with Crippen LogP contribution in [0, 0.1) is 0 Å². The molecule has 0 radical (unpaired) electrons. The molecule has 1 atom stereocenters. The van der Waals surface area contributed by atoms with Gasteiger partial charge in [-0.2, -0.15) is 0 Å². The first-order valence-corrected chi connectivity index (χ1v) is 3.22. The van der Waals surface area contributed by atoms with Gasteiger partial charge in [-0.25, -0.2) is 9.79 Å². The van der Waals surface area contributed by atoms with E-state index in [4.69, 9.17) is 4.74 Å². The molecule has 2 rings (SSSR count). The lowest BCUT2D eigenvalue weighted by molar-refractivity contribution is -0.152. The van der Waals surface area contributed by atoms with Crippen molar-refractivity contribution in [3.05, 3.63) is 0 Å². The van der Waals surface area contributed by atoms with Crippen LogP contribution in [0.25, 0.3) is 0 Å². The minimum absolute atomic E-state index is 0.370. The van der Waals surface area contributed by atoms with Crippen LogP contribution in [-0.4, -0.2) is 24.7 Å². The van der Waals surface area contributed by atoms with E-state index in [2.05, 4.69) is 9.73 Å². The molecule has 0 amide bonds. The number of hydrogen-bond donors (Lipinski definition) is 0. The minimum Gasteiger partial charge on any atom is -0.411 e. The molecule has 0 bridgehead atoms. The number of cyclic esters (lactones) is 1. The first kappa shape index (κ1) is 5.85. The summed E-state index contributed by atoms with van der Waals surface area (Å²) >= 11 is 0. The molecule has 0 N–H and O–H groups in total. The van der Waals surface area contributed by atoms with E-state index in [-0.39, 0.29) is 5.97 Å². The summed E-state index contributed by atoms with van der Waals surface area (Å²) in [6.45, 7) is 0.604. The second-order valence-corrected chi connectivity index (χ2v) is 2.38. The first-order chi connectivity index (χ1) is 4.83. The number of hydrogen-bond acceptors (Lipinski definition) is 4. The molecule has 0 aromatic heterocycles. The van der Waals surface area contributed by atoms with Crippen molar-refractivity contribution in [2.24, 2.45) is 4.99 Å². The number of carbonyl (C=O) groups is 1. The smallest absolute Gasteiger partial charge is 0.368 e. The summed E-state index contributed by atoms with van der Waals surface area (Å²) in [5.74, 6) is -0.370. The van der Waals surface area contributed by atoms with Crippen molar-refractivity contribution in [1.82, 2.24) is 0 Å². The zero-order valence-corrected chi connectivity index (χ0v) is 5.37. The normalized spacial score (nSPS) is 37.4. The molecular formula is C6H7NO3. The van der Waals surface area contributed by atoms with Crippen LogP contribution >= 0.6 is 0 Å². The van der Waals surface area contributed by atoms with E-state index in [1.807, 2.05) is 0 Å². The molecule has 54 valence electrons. The summed E-state index contributed by atoms with van der Waals surface area (Å²) in [6.07, 6.45) is 2.70. The Morgan fingerprint density at radius 3 is 3.10 bits per heavy atom.